The Balaban J connectivity index is 2.14. The molecule has 0 radical (unpaired) electrons. The molecule has 1 spiro atoms. The van der Waals surface area contributed by atoms with Gasteiger partial charge in [0.2, 0.25) is 0 Å². The number of esters is 5. The summed E-state index contributed by atoms with van der Waals surface area (Å²) in [6.07, 6.45) is -6.28. The highest BCUT2D eigenvalue weighted by molar-refractivity contribution is 5.69. The maximum absolute atomic E-state index is 12.8. The van der Waals surface area contributed by atoms with Gasteiger partial charge in [-0.3, -0.25) is 24.0 Å². The predicted octanol–water partition coefficient (Wildman–Crippen LogP) is 2.18. The third-order valence-corrected chi connectivity index (χ3v) is 9.77. The van der Waals surface area contributed by atoms with E-state index in [0.29, 0.717) is 11.1 Å². The average Bonchev–Trinajstić information content (AvgIpc) is 3.61. The van der Waals surface area contributed by atoms with Crippen LogP contribution < -0.4 is 0 Å². The molecule has 12 nitrogen and oxygen atoms in total. The fourth-order valence-electron chi connectivity index (χ4n) is 8.19. The summed E-state index contributed by atoms with van der Waals surface area (Å²) in [4.78, 5) is 62.9. The van der Waals surface area contributed by atoms with Crippen molar-refractivity contribution in [1.29, 1.82) is 0 Å². The summed E-state index contributed by atoms with van der Waals surface area (Å²) in [5, 5.41) is 11.5. The monoisotopic (exact) mass is 594 g/mol. The van der Waals surface area contributed by atoms with Gasteiger partial charge in [0.1, 0.15) is 23.9 Å². The zero-order valence-electron chi connectivity index (χ0n) is 25.7. The van der Waals surface area contributed by atoms with Crippen LogP contribution in [-0.4, -0.2) is 83.8 Å². The topological polar surface area (TPSA) is 164 Å². The normalized spacial score (nSPS) is 40.0. The molecular weight excluding hydrogens is 552 g/mol. The summed E-state index contributed by atoms with van der Waals surface area (Å²) < 4.78 is 35.8. The third kappa shape index (κ3) is 5.21. The Labute approximate surface area is 245 Å². The second kappa shape index (κ2) is 10.9. The molecule has 10 atom stereocenters. The van der Waals surface area contributed by atoms with E-state index < -0.39 is 94.7 Å². The zero-order chi connectivity index (χ0) is 31.5. The standard InChI is InChI=1S/C30H42O12/c1-13-20(38-14(2)31)10-19-24(40-16(4)33)26-29(9,22(39-15(3)32)11-21(36)30(26)12-37-30)27(42-18(6)35)25(41-17(5)34)23(13)28(19,7)8/h19-22,24-27,36H,10-12H2,1-9H3/t19-,20+,21+,22+,24-,25-,26+,27+,29-,30-/m1/s1. The fraction of sp³-hybridized carbons (Fsp3) is 0.767. The third-order valence-electron chi connectivity index (χ3n) is 9.77. The van der Waals surface area contributed by atoms with Crippen LogP contribution in [0.1, 0.15) is 75.2 Å². The lowest BCUT2D eigenvalue weighted by molar-refractivity contribution is -0.256. The van der Waals surface area contributed by atoms with Crippen LogP contribution in [0.25, 0.3) is 0 Å². The quantitative estimate of drug-likeness (QED) is 0.214. The second-order valence-electron chi connectivity index (χ2n) is 12.8. The molecule has 234 valence electrons. The molecule has 0 amide bonds. The maximum atomic E-state index is 12.8. The lowest BCUT2D eigenvalue weighted by atomic mass is 9.47. The van der Waals surface area contributed by atoms with Crippen molar-refractivity contribution in [1.82, 2.24) is 0 Å². The van der Waals surface area contributed by atoms with Gasteiger partial charge in [0, 0.05) is 52.9 Å². The number of carbonyl (C=O) groups is 5. The minimum Gasteiger partial charge on any atom is -0.462 e. The minimum atomic E-state index is -1.40. The number of hydrogen-bond donors (Lipinski definition) is 1. The molecule has 0 unspecified atom stereocenters. The molecule has 3 aliphatic carbocycles. The number of epoxide rings is 1. The molecule has 3 fully saturated rings. The van der Waals surface area contributed by atoms with Crippen LogP contribution in [0.15, 0.2) is 11.1 Å². The van der Waals surface area contributed by atoms with Crippen molar-refractivity contribution in [3.05, 3.63) is 11.1 Å². The molecule has 4 rings (SSSR count). The van der Waals surface area contributed by atoms with Gasteiger partial charge in [0.15, 0.2) is 12.2 Å². The fourth-order valence-corrected chi connectivity index (χ4v) is 8.19. The molecule has 2 bridgehead atoms. The van der Waals surface area contributed by atoms with E-state index in [-0.39, 0.29) is 19.4 Å². The molecule has 0 aromatic rings. The van der Waals surface area contributed by atoms with Gasteiger partial charge in [-0.15, -0.1) is 0 Å². The van der Waals surface area contributed by atoms with Gasteiger partial charge in [0.05, 0.1) is 18.1 Å². The Morgan fingerprint density at radius 2 is 1.31 bits per heavy atom. The number of hydrogen-bond acceptors (Lipinski definition) is 12. The molecule has 1 saturated heterocycles. The van der Waals surface area contributed by atoms with Gasteiger partial charge < -0.3 is 33.5 Å². The number of aliphatic hydroxyl groups excluding tert-OH is 1. The predicted molar refractivity (Wildman–Crippen MR) is 143 cm³/mol. The van der Waals surface area contributed by atoms with Gasteiger partial charge in [-0.25, -0.2) is 0 Å². The SMILES string of the molecule is CC(=O)O[C@@H]1[C@H]2C[C@H](OC(C)=O)C(C)=C([C@@H](OC(C)=O)[C@H](OC(C)=O)[C@]3(C)[C@@H](OC(C)=O)C[C@H](O)[C@]4(CO4)[C@@H]13)C2(C)C. The van der Waals surface area contributed by atoms with E-state index in [9.17, 15) is 29.1 Å². The van der Waals surface area contributed by atoms with Crippen LogP contribution in [0, 0.1) is 22.7 Å². The Morgan fingerprint density at radius 3 is 1.79 bits per heavy atom. The summed E-state index contributed by atoms with van der Waals surface area (Å²) in [5.41, 5.74) is -2.37. The van der Waals surface area contributed by atoms with Crippen molar-refractivity contribution in [2.24, 2.45) is 22.7 Å². The smallest absolute Gasteiger partial charge is 0.303 e. The summed E-state index contributed by atoms with van der Waals surface area (Å²) in [5.74, 6) is -4.60. The average molecular weight is 595 g/mol. The van der Waals surface area contributed by atoms with E-state index in [1.165, 1.54) is 34.6 Å². The molecule has 0 aromatic carbocycles. The molecule has 0 aromatic heterocycles. The number of carbonyl (C=O) groups excluding carboxylic acids is 5. The van der Waals surface area contributed by atoms with E-state index in [1.54, 1.807) is 13.8 Å². The summed E-state index contributed by atoms with van der Waals surface area (Å²) in [7, 11) is 0. The van der Waals surface area contributed by atoms with Crippen LogP contribution >= 0.6 is 0 Å². The van der Waals surface area contributed by atoms with Crippen molar-refractivity contribution < 1.29 is 57.5 Å². The van der Waals surface area contributed by atoms with Crippen molar-refractivity contribution in [2.45, 2.75) is 117 Å². The minimum absolute atomic E-state index is 0.0634. The first-order valence-corrected chi connectivity index (χ1v) is 14.3. The largest absolute Gasteiger partial charge is 0.462 e. The number of aliphatic hydroxyl groups is 1. The lowest BCUT2D eigenvalue weighted by Gasteiger charge is -2.62. The molecule has 2 saturated carbocycles. The Bertz CT molecular complexity index is 1200. The van der Waals surface area contributed by atoms with E-state index >= 15 is 0 Å². The number of fused-ring (bicyclic) bond motifs is 4. The lowest BCUT2D eigenvalue weighted by Crippen LogP contribution is -2.72. The van der Waals surface area contributed by atoms with Crippen LogP contribution in [-0.2, 0) is 52.4 Å². The summed E-state index contributed by atoms with van der Waals surface area (Å²) in [6.45, 7) is 13.6. The van der Waals surface area contributed by atoms with E-state index in [1.807, 2.05) is 13.8 Å². The Kier molecular flexibility index (Phi) is 8.31. The molecule has 1 aliphatic heterocycles. The maximum Gasteiger partial charge on any atom is 0.303 e. The van der Waals surface area contributed by atoms with Crippen molar-refractivity contribution in [3.63, 3.8) is 0 Å². The first-order chi connectivity index (χ1) is 19.4. The molecule has 1 heterocycles. The van der Waals surface area contributed by atoms with Gasteiger partial charge >= 0.3 is 29.8 Å². The van der Waals surface area contributed by atoms with Crippen molar-refractivity contribution >= 4 is 29.8 Å². The van der Waals surface area contributed by atoms with Crippen LogP contribution in [0.2, 0.25) is 0 Å². The summed E-state index contributed by atoms with van der Waals surface area (Å²) in [6, 6.07) is 0. The van der Waals surface area contributed by atoms with Crippen LogP contribution in [0.3, 0.4) is 0 Å². The van der Waals surface area contributed by atoms with Gasteiger partial charge in [0.25, 0.3) is 0 Å². The summed E-state index contributed by atoms with van der Waals surface area (Å²) >= 11 is 0. The van der Waals surface area contributed by atoms with Crippen molar-refractivity contribution in [2.75, 3.05) is 6.61 Å². The van der Waals surface area contributed by atoms with Crippen LogP contribution in [0.5, 0.6) is 0 Å². The Hall–Kier alpha value is -2.99. The first-order valence-electron chi connectivity index (χ1n) is 14.3. The van der Waals surface area contributed by atoms with Gasteiger partial charge in [-0.1, -0.05) is 20.8 Å². The highest BCUT2D eigenvalue weighted by Crippen LogP contribution is 2.65. The molecule has 42 heavy (non-hydrogen) atoms. The Morgan fingerprint density at radius 1 is 0.786 bits per heavy atom. The highest BCUT2D eigenvalue weighted by Gasteiger charge is 2.76. The van der Waals surface area contributed by atoms with Gasteiger partial charge in [-0.05, 0) is 29.9 Å². The van der Waals surface area contributed by atoms with Crippen molar-refractivity contribution in [3.8, 4) is 0 Å². The van der Waals surface area contributed by atoms with E-state index in [4.69, 9.17) is 28.4 Å². The number of rotatable bonds is 5. The molecule has 4 aliphatic rings. The van der Waals surface area contributed by atoms with Crippen LogP contribution in [0.4, 0.5) is 0 Å². The molecule has 12 heteroatoms. The van der Waals surface area contributed by atoms with Gasteiger partial charge in [-0.2, -0.15) is 0 Å². The first kappa shape index (κ1) is 31.9. The second-order valence-corrected chi connectivity index (χ2v) is 12.8. The highest BCUT2D eigenvalue weighted by atomic mass is 16.6. The zero-order valence-corrected chi connectivity index (χ0v) is 25.7. The number of ether oxygens (including phenoxy) is 6. The van der Waals surface area contributed by atoms with E-state index in [0.717, 1.165) is 0 Å². The van der Waals surface area contributed by atoms with E-state index in [2.05, 4.69) is 0 Å². The molecule has 1 N–H and O–H groups in total. The molecular formula is C30H42O12.